The number of anilines is 2. The standard InChI is InChI=1S/C24H30F3N7O3Si/c1-23(24(25,26)27)32(2)22(36)16-9-8-15(21(35)34(16)23)30-18-17-20(29-12-28-18)33(19(31-17)14-6-7-14)13-37-10-11-38(3,4)5/h8-9,12,14H,6-7,10-11,13H2,1-5H3,(H,28,29,30). The normalized spacial score (nSPS) is 19.9. The molecule has 38 heavy (non-hydrogen) atoms. The van der Waals surface area contributed by atoms with Gasteiger partial charge in [-0.05, 0) is 37.9 Å². The third-order valence-electron chi connectivity index (χ3n) is 7.21. The van der Waals surface area contributed by atoms with Crippen molar-refractivity contribution in [2.45, 2.75) is 69.9 Å². The van der Waals surface area contributed by atoms with Crippen LogP contribution in [0.15, 0.2) is 23.3 Å². The fourth-order valence-corrected chi connectivity index (χ4v) is 5.31. The van der Waals surface area contributed by atoms with Crippen molar-refractivity contribution < 1.29 is 22.7 Å². The number of rotatable bonds is 8. The summed E-state index contributed by atoms with van der Waals surface area (Å²) >= 11 is 0. The largest absolute Gasteiger partial charge is 0.430 e. The summed E-state index contributed by atoms with van der Waals surface area (Å²) in [5, 5.41) is 2.86. The van der Waals surface area contributed by atoms with Crippen LogP contribution in [0.3, 0.4) is 0 Å². The first kappa shape index (κ1) is 26.3. The Balaban J connectivity index is 1.52. The summed E-state index contributed by atoms with van der Waals surface area (Å²) in [6.45, 7) is 8.51. The van der Waals surface area contributed by atoms with Crippen molar-refractivity contribution in [1.82, 2.24) is 29.0 Å². The molecule has 10 nitrogen and oxygen atoms in total. The minimum absolute atomic E-state index is 0.166. The fourth-order valence-electron chi connectivity index (χ4n) is 4.56. The number of halogens is 3. The fraction of sp³-hybridized carbons (Fsp3) is 0.542. The lowest BCUT2D eigenvalue weighted by Crippen LogP contribution is -2.56. The second-order valence-electron chi connectivity index (χ2n) is 11.2. The Hall–Kier alpha value is -3.26. The van der Waals surface area contributed by atoms with Gasteiger partial charge in [0.05, 0.1) is 0 Å². The van der Waals surface area contributed by atoms with Gasteiger partial charge in [-0.1, -0.05) is 19.6 Å². The number of ether oxygens (including phenoxy) is 1. The van der Waals surface area contributed by atoms with Gasteiger partial charge in [-0.2, -0.15) is 13.2 Å². The molecule has 1 saturated carbocycles. The Morgan fingerprint density at radius 3 is 2.53 bits per heavy atom. The van der Waals surface area contributed by atoms with Crippen LogP contribution < -0.4 is 10.9 Å². The van der Waals surface area contributed by atoms with Gasteiger partial charge in [0.2, 0.25) is 5.66 Å². The number of alkyl halides is 3. The third kappa shape index (κ3) is 4.28. The molecule has 1 unspecified atom stereocenters. The summed E-state index contributed by atoms with van der Waals surface area (Å²) in [5.74, 6) is 0.359. The smallest absolute Gasteiger partial charge is 0.361 e. The van der Waals surface area contributed by atoms with Crippen molar-refractivity contribution in [3.8, 4) is 0 Å². The van der Waals surface area contributed by atoms with Crippen LogP contribution in [-0.2, 0) is 17.1 Å². The van der Waals surface area contributed by atoms with Crippen molar-refractivity contribution in [2.75, 3.05) is 19.0 Å². The summed E-state index contributed by atoms with van der Waals surface area (Å²) in [4.78, 5) is 39.8. The Bertz CT molecular complexity index is 1480. The van der Waals surface area contributed by atoms with Crippen LogP contribution >= 0.6 is 0 Å². The maximum Gasteiger partial charge on any atom is 0.430 e. The highest BCUT2D eigenvalue weighted by atomic mass is 28.3. The molecule has 14 heteroatoms. The minimum atomic E-state index is -4.89. The van der Waals surface area contributed by atoms with Crippen LogP contribution in [0.25, 0.3) is 11.2 Å². The lowest BCUT2D eigenvalue weighted by atomic mass is 10.1. The zero-order valence-electron chi connectivity index (χ0n) is 21.9. The average Bonchev–Trinajstić information content (AvgIpc) is 3.57. The van der Waals surface area contributed by atoms with Gasteiger partial charge >= 0.3 is 6.18 Å². The summed E-state index contributed by atoms with van der Waals surface area (Å²) < 4.78 is 50.6. The van der Waals surface area contributed by atoms with Crippen LogP contribution in [0, 0.1) is 0 Å². The predicted molar refractivity (Wildman–Crippen MR) is 137 cm³/mol. The highest BCUT2D eigenvalue weighted by molar-refractivity contribution is 6.76. The monoisotopic (exact) mass is 549 g/mol. The van der Waals surface area contributed by atoms with E-state index in [-0.39, 0.29) is 29.8 Å². The number of hydrogen-bond acceptors (Lipinski definition) is 7. The van der Waals surface area contributed by atoms with Crippen molar-refractivity contribution >= 4 is 36.7 Å². The molecule has 0 spiro atoms. The number of nitrogens with one attached hydrogen (secondary N) is 1. The van der Waals surface area contributed by atoms with Gasteiger partial charge in [-0.15, -0.1) is 0 Å². The number of amides is 1. The van der Waals surface area contributed by atoms with Gasteiger partial charge in [0.25, 0.3) is 11.5 Å². The second-order valence-corrected chi connectivity index (χ2v) is 16.8. The van der Waals surface area contributed by atoms with E-state index >= 15 is 0 Å². The van der Waals surface area contributed by atoms with Gasteiger partial charge in [0, 0.05) is 27.6 Å². The molecule has 1 aliphatic carbocycles. The number of carbonyl (C=O) groups excluding carboxylic acids is 1. The zero-order valence-corrected chi connectivity index (χ0v) is 22.9. The maximum atomic E-state index is 14.1. The molecule has 0 saturated heterocycles. The highest BCUT2D eigenvalue weighted by Gasteiger charge is 2.62. The molecule has 2 aliphatic rings. The molecule has 4 heterocycles. The van der Waals surface area contributed by atoms with Gasteiger partial charge in [-0.25, -0.2) is 15.0 Å². The molecule has 1 amide bonds. The van der Waals surface area contributed by atoms with Gasteiger partial charge < -0.3 is 15.0 Å². The van der Waals surface area contributed by atoms with E-state index in [2.05, 4.69) is 34.9 Å². The number of nitrogens with zero attached hydrogens (tertiary/aromatic N) is 6. The third-order valence-corrected chi connectivity index (χ3v) is 8.91. The molecule has 3 aromatic rings. The second kappa shape index (κ2) is 8.90. The predicted octanol–water partition coefficient (Wildman–Crippen LogP) is 4.24. The first-order chi connectivity index (χ1) is 17.7. The summed E-state index contributed by atoms with van der Waals surface area (Å²) in [7, 11) is -0.235. The first-order valence-corrected chi connectivity index (χ1v) is 16.1. The Labute approximate surface area is 217 Å². The summed E-state index contributed by atoms with van der Waals surface area (Å²) in [5.41, 5.74) is -3.44. The Kier molecular flexibility index (Phi) is 6.17. The van der Waals surface area contributed by atoms with Crippen molar-refractivity contribution in [2.24, 2.45) is 0 Å². The van der Waals surface area contributed by atoms with Crippen LogP contribution in [0.2, 0.25) is 25.7 Å². The van der Waals surface area contributed by atoms with Crippen molar-refractivity contribution in [3.63, 3.8) is 0 Å². The van der Waals surface area contributed by atoms with E-state index < -0.39 is 31.4 Å². The van der Waals surface area contributed by atoms with E-state index in [1.54, 1.807) is 0 Å². The molecule has 1 atom stereocenters. The number of carbonyl (C=O) groups is 1. The Morgan fingerprint density at radius 2 is 1.89 bits per heavy atom. The average molecular weight is 550 g/mol. The lowest BCUT2D eigenvalue weighted by Gasteiger charge is -2.35. The van der Waals surface area contributed by atoms with Crippen LogP contribution in [0.5, 0.6) is 0 Å². The molecule has 0 radical (unpaired) electrons. The van der Waals surface area contributed by atoms with Gasteiger partial charge in [0.1, 0.15) is 30.3 Å². The number of pyridine rings is 1. The SMILES string of the molecule is CN1C(=O)c2ccc(Nc3ncnc4c3nc(C3CC3)n4COCC[Si](C)(C)C)c(=O)n2C1(C)C(F)(F)F. The molecule has 1 fully saturated rings. The zero-order chi connectivity index (χ0) is 27.6. The minimum Gasteiger partial charge on any atom is -0.361 e. The Morgan fingerprint density at radius 1 is 1.18 bits per heavy atom. The van der Waals surface area contributed by atoms with E-state index in [4.69, 9.17) is 9.72 Å². The summed E-state index contributed by atoms with van der Waals surface area (Å²) in [6.07, 6.45) is -1.61. The molecule has 0 aromatic carbocycles. The van der Waals surface area contributed by atoms with E-state index in [0.29, 0.717) is 27.2 Å². The van der Waals surface area contributed by atoms with Gasteiger partial charge in [0.15, 0.2) is 17.0 Å². The maximum absolute atomic E-state index is 14.1. The number of fused-ring (bicyclic) bond motifs is 2. The molecular formula is C24H30F3N7O3Si. The van der Waals surface area contributed by atoms with Crippen LogP contribution in [-0.4, -0.2) is 62.8 Å². The van der Waals surface area contributed by atoms with Crippen molar-refractivity contribution in [1.29, 1.82) is 0 Å². The molecular weight excluding hydrogens is 519 g/mol. The summed E-state index contributed by atoms with van der Waals surface area (Å²) in [6, 6.07) is 3.50. The number of hydrogen-bond donors (Lipinski definition) is 1. The lowest BCUT2D eigenvalue weighted by molar-refractivity contribution is -0.241. The van der Waals surface area contributed by atoms with Gasteiger partial charge in [-0.3, -0.25) is 18.7 Å². The van der Waals surface area contributed by atoms with E-state index in [1.807, 2.05) is 4.57 Å². The van der Waals surface area contributed by atoms with E-state index in [1.165, 1.54) is 18.5 Å². The molecule has 1 aliphatic heterocycles. The topological polar surface area (TPSA) is 107 Å². The molecule has 1 N–H and O–H groups in total. The first-order valence-electron chi connectivity index (χ1n) is 12.4. The van der Waals surface area contributed by atoms with Crippen LogP contribution in [0.1, 0.15) is 42.0 Å². The van der Waals surface area contributed by atoms with E-state index in [9.17, 15) is 22.8 Å². The molecule has 204 valence electrons. The molecule has 5 rings (SSSR count). The van der Waals surface area contributed by atoms with Crippen molar-refractivity contribution in [3.05, 3.63) is 40.3 Å². The van der Waals surface area contributed by atoms with E-state index in [0.717, 1.165) is 38.7 Å². The number of aromatic nitrogens is 5. The number of imidazole rings is 1. The highest BCUT2D eigenvalue weighted by Crippen LogP contribution is 2.44. The molecule has 3 aromatic heterocycles. The van der Waals surface area contributed by atoms with Crippen LogP contribution in [0.4, 0.5) is 24.7 Å². The quantitative estimate of drug-likeness (QED) is 0.331. The molecule has 0 bridgehead atoms.